The van der Waals surface area contributed by atoms with E-state index < -0.39 is 24.0 Å². The van der Waals surface area contributed by atoms with E-state index in [0.29, 0.717) is 23.1 Å². The Kier molecular flexibility index (Phi) is 4.67. The number of nitrogens with zero attached hydrogens (tertiary/aromatic N) is 3. The zero-order valence-electron chi connectivity index (χ0n) is 11.8. The van der Waals surface area contributed by atoms with E-state index in [1.54, 1.807) is 6.92 Å². The van der Waals surface area contributed by atoms with Crippen LogP contribution in [-0.2, 0) is 16.0 Å². The lowest BCUT2D eigenvalue weighted by Gasteiger charge is -2.24. The Bertz CT molecular complexity index is 558. The third-order valence-corrected chi connectivity index (χ3v) is 3.26. The van der Waals surface area contributed by atoms with Gasteiger partial charge in [-0.2, -0.15) is 13.2 Å². The summed E-state index contributed by atoms with van der Waals surface area (Å²) in [5, 5.41) is 9.84. The molecule has 1 unspecified atom stereocenters. The predicted octanol–water partition coefficient (Wildman–Crippen LogP) is 0.590. The standard InChI is InChI=1S/C12H15F3N4O3/c1-7-17-18-9(22-7)4-5-16-10(20)8-3-2-6-19(8)11(21)12(13,14)15/h8H,2-6H2,1H3,(H,16,20). The molecule has 1 aliphatic rings. The van der Waals surface area contributed by atoms with Gasteiger partial charge in [0.25, 0.3) is 0 Å². The van der Waals surface area contributed by atoms with Crippen LogP contribution in [0.25, 0.3) is 0 Å². The number of hydrogen-bond acceptors (Lipinski definition) is 5. The highest BCUT2D eigenvalue weighted by molar-refractivity contribution is 5.90. The van der Waals surface area contributed by atoms with Gasteiger partial charge in [-0.25, -0.2) is 0 Å². The quantitative estimate of drug-likeness (QED) is 0.877. The van der Waals surface area contributed by atoms with Crippen molar-refractivity contribution in [3.63, 3.8) is 0 Å². The van der Waals surface area contributed by atoms with E-state index in [9.17, 15) is 22.8 Å². The third-order valence-electron chi connectivity index (χ3n) is 3.26. The molecule has 122 valence electrons. The molecule has 2 heterocycles. The maximum Gasteiger partial charge on any atom is 0.471 e. The summed E-state index contributed by atoms with van der Waals surface area (Å²) in [7, 11) is 0. The van der Waals surface area contributed by atoms with Crippen LogP contribution in [0.15, 0.2) is 4.42 Å². The van der Waals surface area contributed by atoms with Crippen LogP contribution >= 0.6 is 0 Å². The van der Waals surface area contributed by atoms with Gasteiger partial charge in [0, 0.05) is 26.4 Å². The van der Waals surface area contributed by atoms with E-state index in [2.05, 4.69) is 15.5 Å². The average Bonchev–Trinajstić information content (AvgIpc) is 3.05. The first-order valence-corrected chi connectivity index (χ1v) is 6.73. The van der Waals surface area contributed by atoms with Crippen molar-refractivity contribution in [2.75, 3.05) is 13.1 Å². The lowest BCUT2D eigenvalue weighted by Crippen LogP contribution is -2.50. The van der Waals surface area contributed by atoms with E-state index in [1.165, 1.54) is 0 Å². The summed E-state index contributed by atoms with van der Waals surface area (Å²) < 4.78 is 42.5. The molecule has 1 aromatic rings. The number of hydrogen-bond donors (Lipinski definition) is 1. The molecule has 2 amide bonds. The zero-order chi connectivity index (χ0) is 16.3. The van der Waals surface area contributed by atoms with Gasteiger partial charge >= 0.3 is 12.1 Å². The molecule has 0 radical (unpaired) electrons. The monoisotopic (exact) mass is 320 g/mol. The second-order valence-electron chi connectivity index (χ2n) is 4.91. The number of nitrogens with one attached hydrogen (secondary N) is 1. The molecule has 0 spiro atoms. The van der Waals surface area contributed by atoms with Crippen molar-refractivity contribution in [2.24, 2.45) is 0 Å². The minimum atomic E-state index is -4.97. The average molecular weight is 320 g/mol. The molecule has 2 rings (SSSR count). The Morgan fingerprint density at radius 1 is 1.41 bits per heavy atom. The minimum Gasteiger partial charge on any atom is -0.426 e. The van der Waals surface area contributed by atoms with Crippen molar-refractivity contribution in [3.8, 4) is 0 Å². The predicted molar refractivity (Wildman–Crippen MR) is 66.5 cm³/mol. The lowest BCUT2D eigenvalue weighted by molar-refractivity contribution is -0.186. The number of carbonyl (C=O) groups excluding carboxylic acids is 2. The number of amides is 2. The van der Waals surface area contributed by atoms with Crippen LogP contribution in [0.1, 0.15) is 24.6 Å². The first-order chi connectivity index (χ1) is 10.3. The smallest absolute Gasteiger partial charge is 0.426 e. The largest absolute Gasteiger partial charge is 0.471 e. The normalized spacial score (nSPS) is 18.5. The fourth-order valence-electron chi connectivity index (χ4n) is 2.29. The van der Waals surface area contributed by atoms with Crippen LogP contribution in [0.2, 0.25) is 0 Å². The van der Waals surface area contributed by atoms with Gasteiger partial charge in [-0.15, -0.1) is 10.2 Å². The maximum absolute atomic E-state index is 12.5. The summed E-state index contributed by atoms with van der Waals surface area (Å²) in [5.74, 6) is -1.87. The molecule has 1 fully saturated rings. The van der Waals surface area contributed by atoms with Crippen molar-refractivity contribution < 1.29 is 27.2 Å². The molecular weight excluding hydrogens is 305 g/mol. The topological polar surface area (TPSA) is 88.3 Å². The second kappa shape index (κ2) is 6.32. The first kappa shape index (κ1) is 16.2. The Balaban J connectivity index is 1.87. The first-order valence-electron chi connectivity index (χ1n) is 6.73. The molecule has 10 heteroatoms. The summed E-state index contributed by atoms with van der Waals surface area (Å²) in [6.45, 7) is 1.69. The van der Waals surface area contributed by atoms with Gasteiger partial charge in [0.2, 0.25) is 17.7 Å². The van der Waals surface area contributed by atoms with Gasteiger partial charge in [0.1, 0.15) is 6.04 Å². The summed E-state index contributed by atoms with van der Waals surface area (Å²) in [6, 6.07) is -1.08. The van der Waals surface area contributed by atoms with Crippen LogP contribution in [0, 0.1) is 6.92 Å². The van der Waals surface area contributed by atoms with Crippen molar-refractivity contribution >= 4 is 11.8 Å². The molecule has 0 aromatic carbocycles. The van der Waals surface area contributed by atoms with Crippen LogP contribution in [0.5, 0.6) is 0 Å². The van der Waals surface area contributed by atoms with Crippen molar-refractivity contribution in [1.82, 2.24) is 20.4 Å². The highest BCUT2D eigenvalue weighted by Gasteiger charge is 2.47. The Hall–Kier alpha value is -2.13. The molecule has 1 aliphatic heterocycles. The van der Waals surface area contributed by atoms with Gasteiger partial charge in [0.05, 0.1) is 0 Å². The molecule has 1 saturated heterocycles. The summed E-state index contributed by atoms with van der Waals surface area (Å²) >= 11 is 0. The number of aryl methyl sites for hydroxylation is 1. The second-order valence-corrected chi connectivity index (χ2v) is 4.91. The van der Waals surface area contributed by atoms with Crippen molar-refractivity contribution in [3.05, 3.63) is 11.8 Å². The van der Waals surface area contributed by atoms with E-state index >= 15 is 0 Å². The number of rotatable bonds is 4. The summed E-state index contributed by atoms with van der Waals surface area (Å²) in [4.78, 5) is 23.8. The fraction of sp³-hybridized carbons (Fsp3) is 0.667. The summed E-state index contributed by atoms with van der Waals surface area (Å²) in [6.07, 6.45) is -4.12. The third kappa shape index (κ3) is 3.74. The molecular formula is C12H15F3N4O3. The van der Waals surface area contributed by atoms with Gasteiger partial charge < -0.3 is 14.6 Å². The molecule has 1 aromatic heterocycles. The number of likely N-dealkylation sites (tertiary alicyclic amines) is 1. The molecule has 0 saturated carbocycles. The molecule has 0 bridgehead atoms. The Morgan fingerprint density at radius 3 is 2.73 bits per heavy atom. The van der Waals surface area contributed by atoms with Crippen molar-refractivity contribution in [2.45, 2.75) is 38.4 Å². The lowest BCUT2D eigenvalue weighted by atomic mass is 10.2. The van der Waals surface area contributed by atoms with Crippen LogP contribution in [0.3, 0.4) is 0 Å². The number of halogens is 3. The Labute approximate surface area is 123 Å². The highest BCUT2D eigenvalue weighted by Crippen LogP contribution is 2.25. The molecule has 1 N–H and O–H groups in total. The molecule has 7 nitrogen and oxygen atoms in total. The number of alkyl halides is 3. The van der Waals surface area contributed by atoms with E-state index in [0.717, 1.165) is 0 Å². The molecule has 22 heavy (non-hydrogen) atoms. The van der Waals surface area contributed by atoms with E-state index in [1.807, 2.05) is 0 Å². The SMILES string of the molecule is Cc1nnc(CCNC(=O)C2CCCN2C(=O)C(F)(F)F)o1. The van der Waals surface area contributed by atoms with Crippen LogP contribution < -0.4 is 5.32 Å². The van der Waals surface area contributed by atoms with Gasteiger partial charge in [-0.3, -0.25) is 9.59 Å². The van der Waals surface area contributed by atoms with E-state index in [4.69, 9.17) is 4.42 Å². The zero-order valence-corrected chi connectivity index (χ0v) is 11.8. The maximum atomic E-state index is 12.5. The highest BCUT2D eigenvalue weighted by atomic mass is 19.4. The Morgan fingerprint density at radius 2 is 2.14 bits per heavy atom. The molecule has 1 atom stereocenters. The van der Waals surface area contributed by atoms with E-state index in [-0.39, 0.29) is 25.9 Å². The van der Waals surface area contributed by atoms with Crippen LogP contribution in [-0.4, -0.2) is 52.2 Å². The number of aromatic nitrogens is 2. The van der Waals surface area contributed by atoms with Crippen LogP contribution in [0.4, 0.5) is 13.2 Å². The van der Waals surface area contributed by atoms with Gasteiger partial charge in [-0.1, -0.05) is 0 Å². The minimum absolute atomic E-state index is 0.0702. The molecule has 0 aliphatic carbocycles. The fourth-order valence-corrected chi connectivity index (χ4v) is 2.29. The number of carbonyl (C=O) groups is 2. The van der Waals surface area contributed by atoms with Gasteiger partial charge in [0.15, 0.2) is 0 Å². The van der Waals surface area contributed by atoms with Crippen molar-refractivity contribution in [1.29, 1.82) is 0 Å². The van der Waals surface area contributed by atoms with Gasteiger partial charge in [-0.05, 0) is 12.8 Å². The summed E-state index contributed by atoms with van der Waals surface area (Å²) in [5.41, 5.74) is 0.